The van der Waals surface area contributed by atoms with Crippen LogP contribution in [0.2, 0.25) is 0 Å². The number of hydrogen-bond acceptors (Lipinski definition) is 6. The molecule has 28 heavy (non-hydrogen) atoms. The normalized spacial score (nSPS) is 10.8. The summed E-state index contributed by atoms with van der Waals surface area (Å²) in [7, 11) is 1.19. The molecule has 4 aromatic rings. The van der Waals surface area contributed by atoms with Gasteiger partial charge in [0.05, 0.1) is 25.2 Å². The van der Waals surface area contributed by atoms with Crippen LogP contribution in [0.25, 0.3) is 22.8 Å². The zero-order chi connectivity index (χ0) is 19.7. The number of benzene rings is 1. The zero-order valence-corrected chi connectivity index (χ0v) is 14.6. The number of esters is 1. The van der Waals surface area contributed by atoms with E-state index in [0.717, 1.165) is 0 Å². The first-order chi connectivity index (χ1) is 13.6. The van der Waals surface area contributed by atoms with E-state index >= 15 is 0 Å². The van der Waals surface area contributed by atoms with E-state index in [-0.39, 0.29) is 34.2 Å². The largest absolute Gasteiger partial charge is 0.465 e. The number of carbonyl (C=O) groups excluding carboxylic acids is 2. The zero-order valence-electron chi connectivity index (χ0n) is 14.6. The van der Waals surface area contributed by atoms with Gasteiger partial charge in [-0.05, 0) is 48.5 Å². The number of rotatable bonds is 5. The maximum absolute atomic E-state index is 13.3. The molecule has 0 bridgehead atoms. The maximum atomic E-state index is 13.3. The van der Waals surface area contributed by atoms with E-state index in [1.807, 2.05) is 0 Å². The van der Waals surface area contributed by atoms with Crippen LogP contribution in [0.3, 0.4) is 0 Å². The van der Waals surface area contributed by atoms with Gasteiger partial charge in [0.25, 0.3) is 0 Å². The van der Waals surface area contributed by atoms with Crippen molar-refractivity contribution in [2.75, 3.05) is 7.11 Å². The van der Waals surface area contributed by atoms with Gasteiger partial charge < -0.3 is 18.0 Å². The van der Waals surface area contributed by atoms with Crippen LogP contribution in [-0.4, -0.2) is 18.9 Å². The fourth-order valence-electron chi connectivity index (χ4n) is 2.86. The maximum Gasteiger partial charge on any atom is 0.342 e. The second-order valence-corrected chi connectivity index (χ2v) is 5.79. The van der Waals surface area contributed by atoms with Gasteiger partial charge in [0.1, 0.15) is 17.1 Å². The molecule has 3 aromatic heterocycles. The summed E-state index contributed by atoms with van der Waals surface area (Å²) < 4.78 is 34.7. The van der Waals surface area contributed by atoms with Crippen LogP contribution in [-0.2, 0) is 4.74 Å². The second kappa shape index (κ2) is 7.03. The van der Waals surface area contributed by atoms with Crippen molar-refractivity contribution >= 4 is 11.8 Å². The number of ether oxygens (including phenoxy) is 1. The van der Waals surface area contributed by atoms with E-state index in [1.165, 1.54) is 50.0 Å². The molecular formula is C21H13FO6. The SMILES string of the molecule is COC(=O)c1c(-c2ccc(F)cc2)oc(-c2ccco2)c1C(=O)c1ccco1. The van der Waals surface area contributed by atoms with Gasteiger partial charge in [0.2, 0.25) is 5.78 Å². The van der Waals surface area contributed by atoms with Crippen molar-refractivity contribution < 1.29 is 32.0 Å². The first-order valence-corrected chi connectivity index (χ1v) is 8.23. The van der Waals surface area contributed by atoms with E-state index in [0.29, 0.717) is 5.56 Å². The lowest BCUT2D eigenvalue weighted by Crippen LogP contribution is -2.10. The minimum Gasteiger partial charge on any atom is -0.465 e. The lowest BCUT2D eigenvalue weighted by Gasteiger charge is -2.03. The highest BCUT2D eigenvalue weighted by atomic mass is 19.1. The third kappa shape index (κ3) is 2.92. The molecule has 0 unspecified atom stereocenters. The van der Waals surface area contributed by atoms with Gasteiger partial charge in [0.15, 0.2) is 17.3 Å². The molecule has 0 amide bonds. The average Bonchev–Trinajstić information content (AvgIpc) is 3.47. The number of halogens is 1. The number of ketones is 1. The van der Waals surface area contributed by atoms with Crippen molar-refractivity contribution in [1.82, 2.24) is 0 Å². The minimum atomic E-state index is -0.782. The summed E-state index contributed by atoms with van der Waals surface area (Å²) in [5, 5.41) is 0. The Bertz CT molecular complexity index is 1120. The number of carbonyl (C=O) groups is 2. The fourth-order valence-corrected chi connectivity index (χ4v) is 2.86. The molecule has 0 fully saturated rings. The molecule has 0 saturated heterocycles. The van der Waals surface area contributed by atoms with Crippen LogP contribution in [0.5, 0.6) is 0 Å². The summed E-state index contributed by atoms with van der Waals surface area (Å²) >= 11 is 0. The third-order valence-corrected chi connectivity index (χ3v) is 4.12. The van der Waals surface area contributed by atoms with Gasteiger partial charge in [-0.25, -0.2) is 9.18 Å². The molecule has 1 aromatic carbocycles. The summed E-state index contributed by atoms with van der Waals surface area (Å²) in [6.07, 6.45) is 2.76. The van der Waals surface area contributed by atoms with Crippen molar-refractivity contribution in [2.45, 2.75) is 0 Å². The molecule has 0 aliphatic rings. The Labute approximate surface area is 158 Å². The summed E-state index contributed by atoms with van der Waals surface area (Å²) in [4.78, 5) is 25.7. The van der Waals surface area contributed by atoms with Crippen LogP contribution in [0.4, 0.5) is 4.39 Å². The Hall–Kier alpha value is -3.87. The van der Waals surface area contributed by atoms with Gasteiger partial charge in [-0.1, -0.05) is 0 Å². The molecule has 0 spiro atoms. The van der Waals surface area contributed by atoms with Crippen molar-refractivity contribution in [3.05, 3.63) is 83.8 Å². The summed E-state index contributed by atoms with van der Waals surface area (Å²) in [5.74, 6) is -1.44. The van der Waals surface area contributed by atoms with Crippen molar-refractivity contribution in [3.8, 4) is 22.8 Å². The first-order valence-electron chi connectivity index (χ1n) is 8.23. The molecule has 0 aliphatic heterocycles. The van der Waals surface area contributed by atoms with Gasteiger partial charge >= 0.3 is 5.97 Å². The molecule has 6 nitrogen and oxygen atoms in total. The molecule has 0 saturated carbocycles. The van der Waals surface area contributed by atoms with E-state index in [1.54, 1.807) is 18.2 Å². The fraction of sp³-hybridized carbons (Fsp3) is 0.0476. The summed E-state index contributed by atoms with van der Waals surface area (Å²) in [6.45, 7) is 0. The molecular weight excluding hydrogens is 367 g/mol. The third-order valence-electron chi connectivity index (χ3n) is 4.12. The molecule has 0 radical (unpaired) electrons. The Morgan fingerprint density at radius 1 is 0.893 bits per heavy atom. The molecule has 0 N–H and O–H groups in total. The van der Waals surface area contributed by atoms with Crippen molar-refractivity contribution in [3.63, 3.8) is 0 Å². The Kier molecular flexibility index (Phi) is 4.41. The highest BCUT2D eigenvalue weighted by Gasteiger charge is 2.34. The molecule has 3 heterocycles. The van der Waals surface area contributed by atoms with Crippen LogP contribution in [0.1, 0.15) is 26.5 Å². The molecule has 0 aliphatic carbocycles. The van der Waals surface area contributed by atoms with Gasteiger partial charge in [-0.15, -0.1) is 0 Å². The summed E-state index contributed by atoms with van der Waals surface area (Å²) in [6, 6.07) is 11.6. The molecule has 140 valence electrons. The number of hydrogen-bond donors (Lipinski definition) is 0. The van der Waals surface area contributed by atoms with Gasteiger partial charge in [0, 0.05) is 5.56 Å². The summed E-state index contributed by atoms with van der Waals surface area (Å²) in [5.41, 5.74) is 0.242. The van der Waals surface area contributed by atoms with Gasteiger partial charge in [-0.3, -0.25) is 4.79 Å². The predicted molar refractivity (Wildman–Crippen MR) is 95.3 cm³/mol. The van der Waals surface area contributed by atoms with Gasteiger partial charge in [-0.2, -0.15) is 0 Å². The standard InChI is InChI=1S/C21H13FO6/c1-25-21(24)17-16(18(23)14-4-2-10-26-14)20(15-5-3-11-27-15)28-19(17)12-6-8-13(22)9-7-12/h2-11H,1H3. The second-order valence-electron chi connectivity index (χ2n) is 5.79. The topological polar surface area (TPSA) is 82.8 Å². The number of furan rings is 3. The Morgan fingerprint density at radius 3 is 2.21 bits per heavy atom. The first kappa shape index (κ1) is 17.5. The van der Waals surface area contributed by atoms with E-state index in [4.69, 9.17) is 18.0 Å². The highest BCUT2D eigenvalue weighted by molar-refractivity contribution is 6.18. The van der Waals surface area contributed by atoms with Crippen LogP contribution in [0, 0.1) is 5.82 Å². The smallest absolute Gasteiger partial charge is 0.342 e. The van der Waals surface area contributed by atoms with Crippen molar-refractivity contribution in [2.24, 2.45) is 0 Å². The van der Waals surface area contributed by atoms with Crippen molar-refractivity contribution in [1.29, 1.82) is 0 Å². The Morgan fingerprint density at radius 2 is 1.61 bits per heavy atom. The Balaban J connectivity index is 2.02. The van der Waals surface area contributed by atoms with Crippen LogP contribution < -0.4 is 0 Å². The molecule has 7 heteroatoms. The lowest BCUT2D eigenvalue weighted by atomic mass is 9.99. The van der Waals surface area contributed by atoms with E-state index < -0.39 is 17.6 Å². The van der Waals surface area contributed by atoms with E-state index in [2.05, 4.69) is 0 Å². The minimum absolute atomic E-state index is 0.0180. The monoisotopic (exact) mass is 380 g/mol. The predicted octanol–water partition coefficient (Wildman–Crippen LogP) is 4.96. The van der Waals surface area contributed by atoms with E-state index in [9.17, 15) is 14.0 Å². The lowest BCUT2D eigenvalue weighted by molar-refractivity contribution is 0.0598. The highest BCUT2D eigenvalue weighted by Crippen LogP contribution is 2.39. The number of methoxy groups -OCH3 is 1. The van der Waals surface area contributed by atoms with Crippen LogP contribution >= 0.6 is 0 Å². The average molecular weight is 380 g/mol. The quantitative estimate of drug-likeness (QED) is 0.360. The molecule has 4 rings (SSSR count). The van der Waals surface area contributed by atoms with Crippen LogP contribution in [0.15, 0.2) is 74.3 Å². The molecule has 0 atom stereocenters.